The predicted octanol–water partition coefficient (Wildman–Crippen LogP) is 3.62. The number of anilines is 1. The van der Waals surface area contributed by atoms with Crippen molar-refractivity contribution < 1.29 is 4.74 Å². The molecule has 5 nitrogen and oxygen atoms in total. The van der Waals surface area contributed by atoms with Crippen molar-refractivity contribution in [2.75, 3.05) is 44.2 Å². The Morgan fingerprint density at radius 3 is 2.43 bits per heavy atom. The third-order valence-electron chi connectivity index (χ3n) is 6.22. The molecule has 0 unspecified atom stereocenters. The Labute approximate surface area is 188 Å². The van der Waals surface area contributed by atoms with Crippen molar-refractivity contribution in [3.05, 3.63) is 17.3 Å². The molecule has 2 aliphatic heterocycles. The fraction of sp³-hybridized carbons (Fsp3) is 0.750. The lowest BCUT2D eigenvalue weighted by molar-refractivity contribution is 0.216. The minimum absolute atomic E-state index is 0. The average Bonchev–Trinajstić information content (AvgIpc) is 3.09. The van der Waals surface area contributed by atoms with E-state index in [4.69, 9.17) is 15.5 Å². The monoisotopic (exact) mass is 452 g/mol. The summed E-state index contributed by atoms with van der Waals surface area (Å²) in [6.45, 7) is 8.58. The van der Waals surface area contributed by atoms with Crippen LogP contribution in [0.2, 0.25) is 0 Å². The topological polar surface area (TPSA) is 54.6 Å². The molecule has 3 heterocycles. The third-order valence-corrected chi connectivity index (χ3v) is 6.22. The van der Waals surface area contributed by atoms with Crippen LogP contribution < -0.4 is 15.4 Å². The van der Waals surface area contributed by atoms with E-state index < -0.39 is 0 Å². The number of hydrogen-bond donors (Lipinski definition) is 1. The molecular weight excluding hydrogens is 419 g/mol. The maximum absolute atomic E-state index is 6.02. The highest BCUT2D eigenvalue weighted by Gasteiger charge is 2.26. The van der Waals surface area contributed by atoms with Gasteiger partial charge in [0.1, 0.15) is 11.6 Å². The maximum Gasteiger partial charge on any atom is 0.135 e. The predicted molar refractivity (Wildman–Crippen MR) is 123 cm³/mol. The summed E-state index contributed by atoms with van der Waals surface area (Å²) < 4.78 is 5.76. The number of fused-ring (bicyclic) bond motifs is 1. The number of halogens is 3. The molecule has 1 aliphatic carbocycles. The molecule has 0 radical (unpaired) electrons. The van der Waals surface area contributed by atoms with Gasteiger partial charge in [0.2, 0.25) is 0 Å². The molecule has 0 spiro atoms. The lowest BCUT2D eigenvalue weighted by Gasteiger charge is -2.37. The molecule has 2 fully saturated rings. The van der Waals surface area contributed by atoms with Crippen molar-refractivity contribution >= 4 is 43.0 Å². The van der Waals surface area contributed by atoms with Crippen LogP contribution in [0.25, 0.3) is 0 Å². The first kappa shape index (κ1) is 25.6. The van der Waals surface area contributed by atoms with E-state index in [1.54, 1.807) is 0 Å². The van der Waals surface area contributed by atoms with E-state index in [0.717, 1.165) is 56.6 Å². The number of ether oxygens (including phenoxy) is 1. The second kappa shape index (κ2) is 11.7. The van der Waals surface area contributed by atoms with E-state index in [0.29, 0.717) is 6.04 Å². The summed E-state index contributed by atoms with van der Waals surface area (Å²) >= 11 is 0. The molecule has 1 saturated heterocycles. The minimum Gasteiger partial charge on any atom is -0.493 e. The molecule has 28 heavy (non-hydrogen) atoms. The van der Waals surface area contributed by atoms with Crippen LogP contribution in [-0.2, 0) is 6.42 Å². The van der Waals surface area contributed by atoms with Gasteiger partial charge in [-0.15, -0.1) is 37.2 Å². The summed E-state index contributed by atoms with van der Waals surface area (Å²) in [5.74, 6) is 3.13. The molecule has 1 aromatic rings. The molecule has 0 amide bonds. The molecular formula is C20H35Cl3N4O. The molecule has 0 bridgehead atoms. The quantitative estimate of drug-likeness (QED) is 0.754. The first-order valence-electron chi connectivity index (χ1n) is 10.1. The lowest BCUT2D eigenvalue weighted by Crippen LogP contribution is -2.47. The molecule has 4 rings (SSSR count). The summed E-state index contributed by atoms with van der Waals surface area (Å²) in [6, 6.07) is 2.55. The molecule has 3 aliphatic rings. The van der Waals surface area contributed by atoms with Gasteiger partial charge in [0.05, 0.1) is 6.61 Å². The van der Waals surface area contributed by atoms with Crippen LogP contribution in [0, 0.1) is 12.8 Å². The fourth-order valence-electron chi connectivity index (χ4n) is 4.57. The highest BCUT2D eigenvalue weighted by atomic mass is 35.5. The van der Waals surface area contributed by atoms with E-state index in [-0.39, 0.29) is 37.2 Å². The minimum atomic E-state index is 0. The Kier molecular flexibility index (Phi) is 10.6. The van der Waals surface area contributed by atoms with Crippen molar-refractivity contribution in [3.8, 4) is 5.75 Å². The first-order valence-corrected chi connectivity index (χ1v) is 10.1. The van der Waals surface area contributed by atoms with Crippen LogP contribution in [0.1, 0.15) is 43.4 Å². The molecule has 162 valence electrons. The molecule has 0 atom stereocenters. The van der Waals surface area contributed by atoms with Crippen molar-refractivity contribution in [3.63, 3.8) is 0 Å². The van der Waals surface area contributed by atoms with Gasteiger partial charge in [-0.3, -0.25) is 4.90 Å². The number of piperazine rings is 1. The van der Waals surface area contributed by atoms with Gasteiger partial charge in [-0.25, -0.2) is 4.98 Å². The Morgan fingerprint density at radius 2 is 1.75 bits per heavy atom. The Bertz CT molecular complexity index is 603. The fourth-order valence-corrected chi connectivity index (χ4v) is 4.57. The Morgan fingerprint density at radius 1 is 1.07 bits per heavy atom. The number of pyridine rings is 1. The number of aryl methyl sites for hydroxylation is 1. The van der Waals surface area contributed by atoms with Gasteiger partial charge in [0, 0.05) is 56.0 Å². The van der Waals surface area contributed by atoms with Crippen molar-refractivity contribution in [2.24, 2.45) is 11.7 Å². The highest BCUT2D eigenvalue weighted by Crippen LogP contribution is 2.34. The van der Waals surface area contributed by atoms with Gasteiger partial charge in [-0.05, 0) is 51.5 Å². The van der Waals surface area contributed by atoms with Crippen molar-refractivity contribution in [1.29, 1.82) is 0 Å². The molecule has 8 heteroatoms. The van der Waals surface area contributed by atoms with E-state index >= 15 is 0 Å². The number of nitrogens with two attached hydrogens (primary N) is 1. The smallest absolute Gasteiger partial charge is 0.135 e. The number of nitrogens with zero attached hydrogens (tertiary/aromatic N) is 3. The number of rotatable bonds is 4. The highest BCUT2D eigenvalue weighted by molar-refractivity contribution is 5.86. The van der Waals surface area contributed by atoms with Crippen LogP contribution in [0.5, 0.6) is 5.75 Å². The number of aromatic nitrogens is 1. The van der Waals surface area contributed by atoms with Crippen LogP contribution in [0.4, 0.5) is 5.82 Å². The van der Waals surface area contributed by atoms with Gasteiger partial charge in [-0.2, -0.15) is 0 Å². The second-order valence-corrected chi connectivity index (χ2v) is 8.06. The average molecular weight is 454 g/mol. The number of hydrogen-bond acceptors (Lipinski definition) is 5. The summed E-state index contributed by atoms with van der Waals surface area (Å²) in [7, 11) is 0. The maximum atomic E-state index is 6.02. The standard InChI is InChI=1S/C20H32N4O.3ClH/c1-15-14-19-18(7-13-25-19)20(22-15)24-11-9-23(10-12-24)8-6-16-2-4-17(21)5-3-16;;;/h14,16-17H,2-13,21H2,1H3;3*1H/t16-,17-;;;. The van der Waals surface area contributed by atoms with E-state index in [9.17, 15) is 0 Å². The van der Waals surface area contributed by atoms with E-state index in [1.165, 1.54) is 50.0 Å². The zero-order valence-electron chi connectivity index (χ0n) is 16.8. The van der Waals surface area contributed by atoms with Gasteiger partial charge in [0.25, 0.3) is 0 Å². The van der Waals surface area contributed by atoms with Crippen LogP contribution in [0.15, 0.2) is 6.07 Å². The van der Waals surface area contributed by atoms with Crippen LogP contribution >= 0.6 is 37.2 Å². The van der Waals surface area contributed by atoms with Gasteiger partial charge >= 0.3 is 0 Å². The summed E-state index contributed by atoms with van der Waals surface area (Å²) in [5, 5.41) is 0. The van der Waals surface area contributed by atoms with Crippen molar-refractivity contribution in [1.82, 2.24) is 9.88 Å². The summed E-state index contributed by atoms with van der Waals surface area (Å²) in [4.78, 5) is 9.94. The van der Waals surface area contributed by atoms with Crippen LogP contribution in [-0.4, -0.2) is 55.3 Å². The van der Waals surface area contributed by atoms with E-state index in [2.05, 4.69) is 22.8 Å². The second-order valence-electron chi connectivity index (χ2n) is 8.06. The van der Waals surface area contributed by atoms with Gasteiger partial charge < -0.3 is 15.4 Å². The Hall–Kier alpha value is -0.460. The summed E-state index contributed by atoms with van der Waals surface area (Å²) in [6.07, 6.45) is 7.47. The zero-order valence-corrected chi connectivity index (χ0v) is 19.2. The molecule has 1 aromatic heterocycles. The van der Waals surface area contributed by atoms with Gasteiger partial charge in [0.15, 0.2) is 0 Å². The van der Waals surface area contributed by atoms with Crippen molar-refractivity contribution in [2.45, 2.75) is 51.5 Å². The Balaban J connectivity index is 0.00000131. The van der Waals surface area contributed by atoms with E-state index in [1.807, 2.05) is 0 Å². The molecule has 0 aromatic carbocycles. The first-order chi connectivity index (χ1) is 12.2. The summed E-state index contributed by atoms with van der Waals surface area (Å²) in [5.41, 5.74) is 8.41. The van der Waals surface area contributed by atoms with Gasteiger partial charge in [-0.1, -0.05) is 0 Å². The largest absolute Gasteiger partial charge is 0.493 e. The SMILES string of the molecule is Cc1cc2c(c(N3CCN(CC[C@H]4CC[C@H](N)CC4)CC3)n1)CCO2.Cl.Cl.Cl. The normalized spacial score (nSPS) is 24.3. The third kappa shape index (κ3) is 6.02. The molecule has 1 saturated carbocycles. The zero-order chi connectivity index (χ0) is 17.2. The molecule has 2 N–H and O–H groups in total. The lowest BCUT2D eigenvalue weighted by atomic mass is 9.84. The van der Waals surface area contributed by atoms with Crippen LogP contribution in [0.3, 0.4) is 0 Å².